The molecule has 2 aliphatic heterocycles. The molecule has 148 valence electrons. The molecular weight excluding hydrogens is 342 g/mol. The van der Waals surface area contributed by atoms with Gasteiger partial charge in [0.25, 0.3) is 0 Å². The van der Waals surface area contributed by atoms with Crippen LogP contribution in [0.4, 0.5) is 0 Å². The van der Waals surface area contributed by atoms with E-state index in [9.17, 15) is 9.59 Å². The van der Waals surface area contributed by atoms with E-state index in [1.807, 2.05) is 17.3 Å². The maximum Gasteiger partial charge on any atom is 0.219 e. The van der Waals surface area contributed by atoms with E-state index in [0.717, 1.165) is 56.8 Å². The molecule has 0 unspecified atom stereocenters. The lowest BCUT2D eigenvalue weighted by Gasteiger charge is -2.44. The third-order valence-corrected chi connectivity index (χ3v) is 5.90. The average molecular weight is 374 g/mol. The van der Waals surface area contributed by atoms with Crippen LogP contribution in [-0.4, -0.2) is 62.8 Å². The molecule has 27 heavy (non-hydrogen) atoms. The Morgan fingerprint density at radius 3 is 2.37 bits per heavy atom. The van der Waals surface area contributed by atoms with Crippen LogP contribution in [0.15, 0.2) is 12.4 Å². The SMILES string of the molecule is CC(=O)N[C@@H]1CN(Cc2cnc(C(C)C)nc2)C2(CCN(C(C)=O)CC2)C1. The Balaban J connectivity index is 1.75. The summed E-state index contributed by atoms with van der Waals surface area (Å²) in [6, 6.07) is 0.155. The second-order valence-corrected chi connectivity index (χ2v) is 8.32. The molecule has 7 nitrogen and oxygen atoms in total. The normalized spacial score (nSPS) is 22.4. The van der Waals surface area contributed by atoms with Gasteiger partial charge in [-0.1, -0.05) is 13.8 Å². The van der Waals surface area contributed by atoms with Gasteiger partial charge in [0.1, 0.15) is 5.82 Å². The van der Waals surface area contributed by atoms with E-state index in [2.05, 4.69) is 34.0 Å². The largest absolute Gasteiger partial charge is 0.352 e. The van der Waals surface area contributed by atoms with Gasteiger partial charge in [0.2, 0.25) is 11.8 Å². The van der Waals surface area contributed by atoms with Crippen molar-refractivity contribution in [1.29, 1.82) is 0 Å². The summed E-state index contributed by atoms with van der Waals surface area (Å²) in [5.74, 6) is 1.34. The van der Waals surface area contributed by atoms with Gasteiger partial charge in [0, 0.05) is 75.5 Å². The van der Waals surface area contributed by atoms with Gasteiger partial charge in [-0.2, -0.15) is 0 Å². The summed E-state index contributed by atoms with van der Waals surface area (Å²) < 4.78 is 0. The van der Waals surface area contributed by atoms with Gasteiger partial charge in [-0.3, -0.25) is 14.5 Å². The van der Waals surface area contributed by atoms with Crippen LogP contribution >= 0.6 is 0 Å². The first-order valence-electron chi connectivity index (χ1n) is 9.87. The molecule has 1 N–H and O–H groups in total. The summed E-state index contributed by atoms with van der Waals surface area (Å²) in [6.07, 6.45) is 6.66. The fraction of sp³-hybridized carbons (Fsp3) is 0.700. The zero-order valence-corrected chi connectivity index (χ0v) is 16.9. The molecule has 0 bridgehead atoms. The molecule has 3 heterocycles. The highest BCUT2D eigenvalue weighted by Gasteiger charge is 2.47. The van der Waals surface area contributed by atoms with E-state index >= 15 is 0 Å². The smallest absolute Gasteiger partial charge is 0.219 e. The van der Waals surface area contributed by atoms with Crippen LogP contribution in [0.5, 0.6) is 0 Å². The van der Waals surface area contributed by atoms with Gasteiger partial charge in [0.15, 0.2) is 0 Å². The van der Waals surface area contributed by atoms with Gasteiger partial charge >= 0.3 is 0 Å². The standard InChI is InChI=1S/C20H31N5O2/c1-14(2)19-21-10-17(11-22-19)12-25-13-18(23-15(3)26)9-20(25)5-7-24(8-6-20)16(4)27/h10-11,14,18H,5-9,12-13H2,1-4H3,(H,23,26)/t18-/m0/s1. The Morgan fingerprint density at radius 1 is 1.22 bits per heavy atom. The molecule has 0 aromatic carbocycles. The Hall–Kier alpha value is -2.02. The molecule has 7 heteroatoms. The van der Waals surface area contributed by atoms with E-state index in [1.54, 1.807) is 13.8 Å². The lowest BCUT2D eigenvalue weighted by molar-refractivity contribution is -0.131. The highest BCUT2D eigenvalue weighted by atomic mass is 16.2. The number of likely N-dealkylation sites (tertiary alicyclic amines) is 2. The monoisotopic (exact) mass is 373 g/mol. The van der Waals surface area contributed by atoms with Crippen molar-refractivity contribution in [1.82, 2.24) is 25.1 Å². The number of carbonyl (C=O) groups is 2. The van der Waals surface area contributed by atoms with Crippen LogP contribution < -0.4 is 5.32 Å². The lowest BCUT2D eigenvalue weighted by atomic mass is 9.84. The number of piperidine rings is 1. The molecule has 1 aromatic heterocycles. The number of amides is 2. The Bertz CT molecular complexity index is 680. The van der Waals surface area contributed by atoms with Crippen molar-refractivity contribution in [3.63, 3.8) is 0 Å². The van der Waals surface area contributed by atoms with Crippen molar-refractivity contribution in [2.24, 2.45) is 0 Å². The Morgan fingerprint density at radius 2 is 1.85 bits per heavy atom. The molecular formula is C20H31N5O2. The van der Waals surface area contributed by atoms with Gasteiger partial charge < -0.3 is 10.2 Å². The second kappa shape index (κ2) is 7.92. The third kappa shape index (κ3) is 4.46. The maximum atomic E-state index is 11.7. The molecule has 1 spiro atoms. The van der Waals surface area contributed by atoms with Crippen LogP contribution in [0.3, 0.4) is 0 Å². The van der Waals surface area contributed by atoms with Crippen LogP contribution in [0.1, 0.15) is 64.3 Å². The molecule has 1 aromatic rings. The van der Waals surface area contributed by atoms with Gasteiger partial charge in [-0.25, -0.2) is 9.97 Å². The van der Waals surface area contributed by atoms with Crippen LogP contribution in [0.2, 0.25) is 0 Å². The summed E-state index contributed by atoms with van der Waals surface area (Å²) >= 11 is 0. The molecule has 2 saturated heterocycles. The minimum atomic E-state index is 0.0165. The molecule has 2 amide bonds. The predicted octanol–water partition coefficient (Wildman–Crippen LogP) is 1.69. The van der Waals surface area contributed by atoms with Crippen LogP contribution in [-0.2, 0) is 16.1 Å². The zero-order chi connectivity index (χ0) is 19.6. The molecule has 2 fully saturated rings. The summed E-state index contributed by atoms with van der Waals surface area (Å²) in [5, 5.41) is 3.09. The Kier molecular flexibility index (Phi) is 5.79. The summed E-state index contributed by atoms with van der Waals surface area (Å²) in [6.45, 7) is 10.5. The molecule has 2 aliphatic rings. The Labute approximate surface area is 161 Å². The van der Waals surface area contributed by atoms with Crippen molar-refractivity contribution in [3.05, 3.63) is 23.8 Å². The van der Waals surface area contributed by atoms with Crippen molar-refractivity contribution in [2.75, 3.05) is 19.6 Å². The van der Waals surface area contributed by atoms with E-state index in [4.69, 9.17) is 0 Å². The third-order valence-electron chi connectivity index (χ3n) is 5.90. The zero-order valence-electron chi connectivity index (χ0n) is 16.9. The quantitative estimate of drug-likeness (QED) is 0.869. The predicted molar refractivity (Wildman–Crippen MR) is 103 cm³/mol. The van der Waals surface area contributed by atoms with E-state index < -0.39 is 0 Å². The number of nitrogens with zero attached hydrogens (tertiary/aromatic N) is 4. The van der Waals surface area contributed by atoms with E-state index in [1.165, 1.54) is 0 Å². The van der Waals surface area contributed by atoms with E-state index in [0.29, 0.717) is 5.92 Å². The number of nitrogens with one attached hydrogen (secondary N) is 1. The van der Waals surface area contributed by atoms with Crippen LogP contribution in [0.25, 0.3) is 0 Å². The van der Waals surface area contributed by atoms with Gasteiger partial charge in [-0.05, 0) is 19.3 Å². The molecule has 3 rings (SSSR count). The lowest BCUT2D eigenvalue weighted by Crippen LogP contribution is -2.52. The average Bonchev–Trinajstić information content (AvgIpc) is 2.91. The second-order valence-electron chi connectivity index (χ2n) is 8.32. The first-order chi connectivity index (χ1) is 12.8. The van der Waals surface area contributed by atoms with Gasteiger partial charge in [0.05, 0.1) is 0 Å². The van der Waals surface area contributed by atoms with E-state index in [-0.39, 0.29) is 23.4 Å². The maximum absolute atomic E-state index is 11.7. The first kappa shape index (κ1) is 19.7. The topological polar surface area (TPSA) is 78.4 Å². The van der Waals surface area contributed by atoms with Crippen LogP contribution in [0, 0.1) is 0 Å². The number of aromatic nitrogens is 2. The van der Waals surface area contributed by atoms with Crippen molar-refractivity contribution < 1.29 is 9.59 Å². The number of hydrogen-bond donors (Lipinski definition) is 1. The van der Waals surface area contributed by atoms with Crippen molar-refractivity contribution in [2.45, 2.75) is 71.0 Å². The molecule has 0 saturated carbocycles. The highest BCUT2D eigenvalue weighted by molar-refractivity contribution is 5.73. The highest BCUT2D eigenvalue weighted by Crippen LogP contribution is 2.39. The number of rotatable bonds is 4. The fourth-order valence-corrected chi connectivity index (χ4v) is 4.45. The molecule has 0 aliphatic carbocycles. The summed E-state index contributed by atoms with van der Waals surface area (Å²) in [7, 11) is 0. The molecule has 1 atom stereocenters. The molecule has 0 radical (unpaired) electrons. The van der Waals surface area contributed by atoms with Gasteiger partial charge in [-0.15, -0.1) is 0 Å². The number of hydrogen-bond acceptors (Lipinski definition) is 5. The minimum Gasteiger partial charge on any atom is -0.352 e. The first-order valence-corrected chi connectivity index (χ1v) is 9.87. The fourth-order valence-electron chi connectivity index (χ4n) is 4.45. The van der Waals surface area contributed by atoms with Crippen molar-refractivity contribution >= 4 is 11.8 Å². The summed E-state index contributed by atoms with van der Waals surface area (Å²) in [4.78, 5) is 36.7. The number of carbonyl (C=O) groups excluding carboxylic acids is 2. The minimum absolute atomic E-state index is 0.0165. The summed E-state index contributed by atoms with van der Waals surface area (Å²) in [5.41, 5.74) is 1.12. The van der Waals surface area contributed by atoms with Crippen molar-refractivity contribution in [3.8, 4) is 0 Å².